The standard InChI is InChI=1S/C16H16O/c17-16(15-8-2-1-3-9-15)11-10-13-6-4-5-7-14(13)12-16/h1-9,17H,10-12H2. The van der Waals surface area contributed by atoms with Crippen molar-refractivity contribution >= 4 is 0 Å². The normalized spacial score (nSPS) is 23.1. The zero-order valence-corrected chi connectivity index (χ0v) is 9.76. The van der Waals surface area contributed by atoms with Gasteiger partial charge in [0.05, 0.1) is 5.60 Å². The molecular formula is C16H16O. The van der Waals surface area contributed by atoms with Crippen LogP contribution in [0.5, 0.6) is 0 Å². The summed E-state index contributed by atoms with van der Waals surface area (Å²) in [4.78, 5) is 0. The van der Waals surface area contributed by atoms with Crippen LogP contribution in [0.2, 0.25) is 0 Å². The molecule has 1 heteroatoms. The van der Waals surface area contributed by atoms with Crippen LogP contribution >= 0.6 is 0 Å². The summed E-state index contributed by atoms with van der Waals surface area (Å²) in [5.74, 6) is 0. The lowest BCUT2D eigenvalue weighted by Gasteiger charge is -2.34. The lowest BCUT2D eigenvalue weighted by atomic mass is 9.76. The van der Waals surface area contributed by atoms with Crippen molar-refractivity contribution in [2.24, 2.45) is 0 Å². The summed E-state index contributed by atoms with van der Waals surface area (Å²) in [6.45, 7) is 0. The first-order chi connectivity index (χ1) is 8.28. The molecule has 0 bridgehead atoms. The van der Waals surface area contributed by atoms with Crippen molar-refractivity contribution in [3.05, 3.63) is 71.3 Å². The average molecular weight is 224 g/mol. The number of aryl methyl sites for hydroxylation is 1. The van der Waals surface area contributed by atoms with E-state index >= 15 is 0 Å². The molecule has 1 nitrogen and oxygen atoms in total. The van der Waals surface area contributed by atoms with E-state index in [1.54, 1.807) is 0 Å². The summed E-state index contributed by atoms with van der Waals surface area (Å²) in [6, 6.07) is 18.4. The van der Waals surface area contributed by atoms with E-state index in [0.29, 0.717) is 0 Å². The Bertz CT molecular complexity index is 518. The van der Waals surface area contributed by atoms with Gasteiger partial charge in [-0.1, -0.05) is 54.6 Å². The molecule has 1 N–H and O–H groups in total. The number of aliphatic hydroxyl groups is 1. The van der Waals surface area contributed by atoms with E-state index in [-0.39, 0.29) is 0 Å². The van der Waals surface area contributed by atoms with E-state index < -0.39 is 5.60 Å². The molecule has 2 aromatic carbocycles. The first kappa shape index (κ1) is 10.5. The van der Waals surface area contributed by atoms with Crippen LogP contribution < -0.4 is 0 Å². The number of hydrogen-bond donors (Lipinski definition) is 1. The largest absolute Gasteiger partial charge is 0.385 e. The van der Waals surface area contributed by atoms with Gasteiger partial charge in [0, 0.05) is 6.42 Å². The highest BCUT2D eigenvalue weighted by Gasteiger charge is 2.33. The van der Waals surface area contributed by atoms with Gasteiger partial charge in [0.25, 0.3) is 0 Å². The summed E-state index contributed by atoms with van der Waals surface area (Å²) in [6.07, 6.45) is 2.50. The molecule has 1 aliphatic rings. The monoisotopic (exact) mass is 224 g/mol. The third-order valence-electron chi connectivity index (χ3n) is 3.72. The van der Waals surface area contributed by atoms with E-state index in [4.69, 9.17) is 0 Å². The topological polar surface area (TPSA) is 20.2 Å². The molecule has 1 aliphatic carbocycles. The van der Waals surface area contributed by atoms with E-state index in [9.17, 15) is 5.11 Å². The van der Waals surface area contributed by atoms with Gasteiger partial charge >= 0.3 is 0 Å². The minimum atomic E-state index is -0.685. The quantitative estimate of drug-likeness (QED) is 0.789. The Labute approximate surface area is 102 Å². The van der Waals surface area contributed by atoms with Gasteiger partial charge in [-0.25, -0.2) is 0 Å². The fourth-order valence-electron chi connectivity index (χ4n) is 2.71. The molecule has 0 aliphatic heterocycles. The minimum absolute atomic E-state index is 0.685. The molecule has 86 valence electrons. The predicted molar refractivity (Wildman–Crippen MR) is 68.8 cm³/mol. The van der Waals surface area contributed by atoms with Gasteiger partial charge in [-0.2, -0.15) is 0 Å². The van der Waals surface area contributed by atoms with Gasteiger partial charge in [0.2, 0.25) is 0 Å². The molecule has 0 amide bonds. The van der Waals surface area contributed by atoms with Crippen LogP contribution in [-0.2, 0) is 18.4 Å². The van der Waals surface area contributed by atoms with Crippen molar-refractivity contribution in [3.8, 4) is 0 Å². The molecule has 0 spiro atoms. The summed E-state index contributed by atoms with van der Waals surface area (Å²) < 4.78 is 0. The Morgan fingerprint density at radius 1 is 0.824 bits per heavy atom. The molecule has 2 aromatic rings. The van der Waals surface area contributed by atoms with E-state index in [1.807, 2.05) is 30.3 Å². The molecule has 0 heterocycles. The molecular weight excluding hydrogens is 208 g/mol. The van der Waals surface area contributed by atoms with Crippen LogP contribution in [-0.4, -0.2) is 5.11 Å². The van der Waals surface area contributed by atoms with Gasteiger partial charge in [-0.05, 0) is 29.5 Å². The highest BCUT2D eigenvalue weighted by Crippen LogP contribution is 2.36. The maximum atomic E-state index is 10.8. The maximum Gasteiger partial charge on any atom is 0.0940 e. The second-order valence-corrected chi connectivity index (χ2v) is 4.84. The Morgan fingerprint density at radius 2 is 1.47 bits per heavy atom. The zero-order valence-electron chi connectivity index (χ0n) is 9.76. The van der Waals surface area contributed by atoms with Crippen molar-refractivity contribution in [2.45, 2.75) is 24.9 Å². The maximum absolute atomic E-state index is 10.8. The van der Waals surface area contributed by atoms with Crippen molar-refractivity contribution < 1.29 is 5.11 Å². The van der Waals surface area contributed by atoms with Crippen LogP contribution in [0.15, 0.2) is 54.6 Å². The Balaban J connectivity index is 1.98. The second kappa shape index (κ2) is 4.01. The van der Waals surface area contributed by atoms with E-state index in [1.165, 1.54) is 11.1 Å². The van der Waals surface area contributed by atoms with Crippen LogP contribution in [0.4, 0.5) is 0 Å². The van der Waals surface area contributed by atoms with Crippen molar-refractivity contribution in [1.82, 2.24) is 0 Å². The lowest BCUT2D eigenvalue weighted by molar-refractivity contribution is 0.0222. The SMILES string of the molecule is OC1(c2ccccc2)CCc2ccccc2C1. The fraction of sp³-hybridized carbons (Fsp3) is 0.250. The Kier molecular flexibility index (Phi) is 2.49. The summed E-state index contributed by atoms with van der Waals surface area (Å²) in [7, 11) is 0. The van der Waals surface area contributed by atoms with Crippen molar-refractivity contribution in [3.63, 3.8) is 0 Å². The van der Waals surface area contributed by atoms with E-state index in [2.05, 4.69) is 24.3 Å². The van der Waals surface area contributed by atoms with Gasteiger partial charge in [0.15, 0.2) is 0 Å². The van der Waals surface area contributed by atoms with Crippen molar-refractivity contribution in [2.75, 3.05) is 0 Å². The predicted octanol–water partition coefficient (Wildman–Crippen LogP) is 3.06. The van der Waals surface area contributed by atoms with Crippen LogP contribution in [0.1, 0.15) is 23.1 Å². The molecule has 0 radical (unpaired) electrons. The fourth-order valence-corrected chi connectivity index (χ4v) is 2.71. The van der Waals surface area contributed by atoms with Crippen LogP contribution in [0, 0.1) is 0 Å². The number of rotatable bonds is 1. The van der Waals surface area contributed by atoms with Crippen LogP contribution in [0.25, 0.3) is 0 Å². The van der Waals surface area contributed by atoms with Gasteiger partial charge in [-0.15, -0.1) is 0 Å². The number of fused-ring (bicyclic) bond motifs is 1. The lowest BCUT2D eigenvalue weighted by Crippen LogP contribution is -2.32. The van der Waals surface area contributed by atoms with Crippen molar-refractivity contribution in [1.29, 1.82) is 0 Å². The average Bonchev–Trinajstić information content (AvgIpc) is 2.40. The number of hydrogen-bond acceptors (Lipinski definition) is 1. The third kappa shape index (κ3) is 1.87. The van der Waals surface area contributed by atoms with E-state index in [0.717, 1.165) is 24.8 Å². The molecule has 0 aromatic heterocycles. The Morgan fingerprint density at radius 3 is 2.24 bits per heavy atom. The summed E-state index contributed by atoms with van der Waals surface area (Å²) >= 11 is 0. The van der Waals surface area contributed by atoms with Gasteiger partial charge in [0.1, 0.15) is 0 Å². The number of benzene rings is 2. The highest BCUT2D eigenvalue weighted by atomic mass is 16.3. The molecule has 1 unspecified atom stereocenters. The van der Waals surface area contributed by atoms with Crippen LogP contribution in [0.3, 0.4) is 0 Å². The molecule has 3 rings (SSSR count). The highest BCUT2D eigenvalue weighted by molar-refractivity contribution is 5.35. The first-order valence-electron chi connectivity index (χ1n) is 6.13. The minimum Gasteiger partial charge on any atom is -0.385 e. The van der Waals surface area contributed by atoms with Gasteiger partial charge in [-0.3, -0.25) is 0 Å². The third-order valence-corrected chi connectivity index (χ3v) is 3.72. The summed E-state index contributed by atoms with van der Waals surface area (Å²) in [5.41, 5.74) is 3.02. The summed E-state index contributed by atoms with van der Waals surface area (Å²) in [5, 5.41) is 10.8. The Hall–Kier alpha value is -1.60. The first-order valence-corrected chi connectivity index (χ1v) is 6.13. The van der Waals surface area contributed by atoms with Gasteiger partial charge < -0.3 is 5.11 Å². The molecule has 0 fully saturated rings. The molecule has 0 saturated carbocycles. The second-order valence-electron chi connectivity index (χ2n) is 4.84. The molecule has 0 saturated heterocycles. The smallest absolute Gasteiger partial charge is 0.0940 e. The molecule has 17 heavy (non-hydrogen) atoms. The molecule has 1 atom stereocenters. The zero-order chi connectivity index (χ0) is 11.7.